The lowest BCUT2D eigenvalue weighted by atomic mass is 10.1. The van der Waals surface area contributed by atoms with Gasteiger partial charge in [-0.3, -0.25) is 0 Å². The Labute approximate surface area is 103 Å². The Hall–Kier alpha value is -1.35. The number of nitrogens with two attached hydrogens (primary N) is 1. The van der Waals surface area contributed by atoms with Crippen molar-refractivity contribution in [2.45, 2.75) is 25.8 Å². The third-order valence-corrected chi connectivity index (χ3v) is 2.79. The Kier molecular flexibility index (Phi) is 5.16. The van der Waals surface area contributed by atoms with E-state index in [1.165, 1.54) is 6.07 Å². The minimum Gasteiger partial charge on any atom is -0.372 e. The van der Waals surface area contributed by atoms with Gasteiger partial charge in [-0.2, -0.15) is 0 Å². The van der Waals surface area contributed by atoms with Crippen LogP contribution in [0.1, 0.15) is 31.4 Å². The Morgan fingerprint density at radius 3 is 2.82 bits per heavy atom. The summed E-state index contributed by atoms with van der Waals surface area (Å²) >= 11 is 0. The van der Waals surface area contributed by atoms with E-state index in [2.05, 4.69) is 6.58 Å². The highest BCUT2D eigenvalue weighted by Gasteiger charge is 2.14. The zero-order chi connectivity index (χ0) is 12.8. The number of hydrogen-bond acceptors (Lipinski definition) is 2. The summed E-state index contributed by atoms with van der Waals surface area (Å²) in [5, 5.41) is 0. The molecular formula is C14H21FN2. The standard InChI is InChI=1S/C14H21FN2/c1-4-5-6-10-17(3)14-12(11(2)16)8-7-9-13(14)15/h4,7-9,11H,1,5-6,10,16H2,2-3H3. The summed E-state index contributed by atoms with van der Waals surface area (Å²) in [4.78, 5) is 1.93. The van der Waals surface area contributed by atoms with Gasteiger partial charge in [0, 0.05) is 19.6 Å². The van der Waals surface area contributed by atoms with E-state index in [9.17, 15) is 4.39 Å². The van der Waals surface area contributed by atoms with Crippen molar-refractivity contribution in [3.8, 4) is 0 Å². The Balaban J connectivity index is 2.90. The van der Waals surface area contributed by atoms with Gasteiger partial charge in [0.1, 0.15) is 5.82 Å². The number of allylic oxidation sites excluding steroid dienone is 1. The van der Waals surface area contributed by atoms with Gasteiger partial charge in [-0.15, -0.1) is 6.58 Å². The van der Waals surface area contributed by atoms with Crippen molar-refractivity contribution < 1.29 is 4.39 Å². The fraction of sp³-hybridized carbons (Fsp3) is 0.429. The molecule has 0 aliphatic rings. The van der Waals surface area contributed by atoms with E-state index in [4.69, 9.17) is 5.73 Å². The number of unbranched alkanes of at least 4 members (excludes halogenated alkanes) is 1. The van der Waals surface area contributed by atoms with E-state index in [0.717, 1.165) is 24.9 Å². The molecule has 0 fully saturated rings. The number of benzene rings is 1. The van der Waals surface area contributed by atoms with Crippen LogP contribution in [-0.2, 0) is 0 Å². The van der Waals surface area contributed by atoms with Gasteiger partial charge in [0.25, 0.3) is 0 Å². The first kappa shape index (κ1) is 13.7. The van der Waals surface area contributed by atoms with Gasteiger partial charge >= 0.3 is 0 Å². The lowest BCUT2D eigenvalue weighted by Crippen LogP contribution is -2.23. The van der Waals surface area contributed by atoms with Gasteiger partial charge in [0.05, 0.1) is 5.69 Å². The lowest BCUT2D eigenvalue weighted by molar-refractivity contribution is 0.614. The SMILES string of the molecule is C=CCCCN(C)c1c(F)cccc1C(C)N. The number of anilines is 1. The van der Waals surface area contributed by atoms with E-state index in [1.807, 2.05) is 31.0 Å². The quantitative estimate of drug-likeness (QED) is 0.607. The maximum absolute atomic E-state index is 13.9. The topological polar surface area (TPSA) is 29.3 Å². The Bertz CT molecular complexity index is 374. The van der Waals surface area contributed by atoms with Gasteiger partial charge in [-0.1, -0.05) is 18.2 Å². The molecule has 0 aliphatic heterocycles. The van der Waals surface area contributed by atoms with Crippen LogP contribution in [0.3, 0.4) is 0 Å². The molecule has 0 radical (unpaired) electrons. The molecule has 1 rings (SSSR count). The fourth-order valence-electron chi connectivity index (χ4n) is 1.89. The van der Waals surface area contributed by atoms with Gasteiger partial charge < -0.3 is 10.6 Å². The van der Waals surface area contributed by atoms with E-state index in [1.54, 1.807) is 6.07 Å². The molecule has 3 heteroatoms. The summed E-state index contributed by atoms with van der Waals surface area (Å²) in [6.07, 6.45) is 3.78. The predicted octanol–water partition coefficient (Wildman–Crippen LogP) is 3.25. The fourth-order valence-corrected chi connectivity index (χ4v) is 1.89. The predicted molar refractivity (Wildman–Crippen MR) is 71.7 cm³/mol. The number of rotatable bonds is 6. The molecule has 0 heterocycles. The monoisotopic (exact) mass is 236 g/mol. The second-order valence-electron chi connectivity index (χ2n) is 4.32. The van der Waals surface area contributed by atoms with Crippen LogP contribution in [0.5, 0.6) is 0 Å². The maximum Gasteiger partial charge on any atom is 0.146 e. The zero-order valence-electron chi connectivity index (χ0n) is 10.6. The zero-order valence-corrected chi connectivity index (χ0v) is 10.6. The van der Waals surface area contributed by atoms with Crippen molar-refractivity contribution in [2.24, 2.45) is 5.73 Å². The van der Waals surface area contributed by atoms with Crippen molar-refractivity contribution >= 4 is 5.69 Å². The molecule has 1 atom stereocenters. The third-order valence-electron chi connectivity index (χ3n) is 2.79. The summed E-state index contributed by atoms with van der Waals surface area (Å²) < 4.78 is 13.9. The molecule has 0 aromatic heterocycles. The van der Waals surface area contributed by atoms with Crippen molar-refractivity contribution in [2.75, 3.05) is 18.5 Å². The average Bonchev–Trinajstić information content (AvgIpc) is 2.28. The first-order chi connectivity index (χ1) is 8.07. The molecule has 1 aromatic rings. The first-order valence-corrected chi connectivity index (χ1v) is 5.94. The number of nitrogens with zero attached hydrogens (tertiary/aromatic N) is 1. The van der Waals surface area contributed by atoms with Crippen molar-refractivity contribution in [3.63, 3.8) is 0 Å². The molecule has 0 aliphatic carbocycles. The summed E-state index contributed by atoms with van der Waals surface area (Å²) in [5.41, 5.74) is 7.34. The lowest BCUT2D eigenvalue weighted by Gasteiger charge is -2.24. The highest BCUT2D eigenvalue weighted by Crippen LogP contribution is 2.27. The average molecular weight is 236 g/mol. The highest BCUT2D eigenvalue weighted by atomic mass is 19.1. The molecule has 0 bridgehead atoms. The summed E-state index contributed by atoms with van der Waals surface area (Å²) in [6.45, 7) is 6.35. The third kappa shape index (κ3) is 3.56. The van der Waals surface area contributed by atoms with Crippen molar-refractivity contribution in [3.05, 3.63) is 42.2 Å². The van der Waals surface area contributed by atoms with Crippen LogP contribution in [0.25, 0.3) is 0 Å². The number of hydrogen-bond donors (Lipinski definition) is 1. The van der Waals surface area contributed by atoms with Crippen molar-refractivity contribution in [1.82, 2.24) is 0 Å². The second kappa shape index (κ2) is 6.40. The molecule has 0 amide bonds. The highest BCUT2D eigenvalue weighted by molar-refractivity contribution is 5.55. The Morgan fingerprint density at radius 1 is 1.53 bits per heavy atom. The molecule has 0 saturated carbocycles. The van der Waals surface area contributed by atoms with E-state index < -0.39 is 0 Å². The van der Waals surface area contributed by atoms with Gasteiger partial charge in [0.15, 0.2) is 0 Å². The van der Waals surface area contributed by atoms with Crippen LogP contribution in [-0.4, -0.2) is 13.6 Å². The van der Waals surface area contributed by atoms with E-state index in [0.29, 0.717) is 5.69 Å². The van der Waals surface area contributed by atoms with Gasteiger partial charge in [0.2, 0.25) is 0 Å². The largest absolute Gasteiger partial charge is 0.372 e. The molecule has 2 N–H and O–H groups in total. The van der Waals surface area contributed by atoms with Crippen molar-refractivity contribution in [1.29, 1.82) is 0 Å². The normalized spacial score (nSPS) is 12.2. The molecule has 94 valence electrons. The van der Waals surface area contributed by atoms with Gasteiger partial charge in [-0.25, -0.2) is 4.39 Å². The minimum absolute atomic E-state index is 0.164. The maximum atomic E-state index is 13.9. The molecular weight excluding hydrogens is 215 g/mol. The van der Waals surface area contributed by atoms with Crippen LogP contribution in [0.15, 0.2) is 30.9 Å². The van der Waals surface area contributed by atoms with Crippen LogP contribution < -0.4 is 10.6 Å². The van der Waals surface area contributed by atoms with Crippen LogP contribution in [0.2, 0.25) is 0 Å². The number of para-hydroxylation sites is 1. The Morgan fingerprint density at radius 2 is 2.24 bits per heavy atom. The molecule has 0 saturated heterocycles. The van der Waals surface area contributed by atoms with E-state index >= 15 is 0 Å². The molecule has 1 aromatic carbocycles. The molecule has 0 spiro atoms. The smallest absolute Gasteiger partial charge is 0.146 e. The molecule has 2 nitrogen and oxygen atoms in total. The van der Waals surface area contributed by atoms with Crippen LogP contribution >= 0.6 is 0 Å². The van der Waals surface area contributed by atoms with Crippen LogP contribution in [0.4, 0.5) is 10.1 Å². The minimum atomic E-state index is -0.207. The molecule has 17 heavy (non-hydrogen) atoms. The van der Waals surface area contributed by atoms with E-state index in [-0.39, 0.29) is 11.9 Å². The summed E-state index contributed by atoms with van der Waals surface area (Å²) in [7, 11) is 1.90. The summed E-state index contributed by atoms with van der Waals surface area (Å²) in [6, 6.07) is 4.90. The first-order valence-electron chi connectivity index (χ1n) is 5.94. The molecule has 1 unspecified atom stereocenters. The van der Waals surface area contributed by atoms with Crippen LogP contribution in [0, 0.1) is 5.82 Å². The summed E-state index contributed by atoms with van der Waals surface area (Å²) in [5.74, 6) is -0.207. The van der Waals surface area contributed by atoms with Gasteiger partial charge in [-0.05, 0) is 31.4 Å². The second-order valence-corrected chi connectivity index (χ2v) is 4.32. The number of halogens is 1.